The smallest absolute Gasteiger partial charge is 0.392 e. The summed E-state index contributed by atoms with van der Waals surface area (Å²) in [6.45, 7) is 0. The molecule has 0 bridgehead atoms. The standard InChI is InChI=1S/C6H7F6IO2/c7-5(8,9)4(15,6(10,11)12)1-3(14)2-13/h3,14-15H,1-2H2. The summed E-state index contributed by atoms with van der Waals surface area (Å²) in [4.78, 5) is 0. The predicted octanol–water partition coefficient (Wildman–Crippen LogP) is 2.03. The van der Waals surface area contributed by atoms with Crippen LogP contribution in [0.5, 0.6) is 0 Å². The number of aliphatic hydroxyl groups is 2. The van der Waals surface area contributed by atoms with E-state index in [4.69, 9.17) is 10.2 Å². The van der Waals surface area contributed by atoms with Crippen LogP contribution >= 0.6 is 22.6 Å². The van der Waals surface area contributed by atoms with Crippen molar-refractivity contribution in [2.45, 2.75) is 30.5 Å². The summed E-state index contributed by atoms with van der Waals surface area (Å²) in [6, 6.07) is 0. The van der Waals surface area contributed by atoms with Crippen molar-refractivity contribution < 1.29 is 36.6 Å². The summed E-state index contributed by atoms with van der Waals surface area (Å²) in [7, 11) is 0. The number of alkyl halides is 7. The van der Waals surface area contributed by atoms with Crippen molar-refractivity contribution in [1.29, 1.82) is 0 Å². The van der Waals surface area contributed by atoms with Crippen molar-refractivity contribution in [3.8, 4) is 0 Å². The highest BCUT2D eigenvalue weighted by molar-refractivity contribution is 14.1. The molecule has 0 rings (SSSR count). The van der Waals surface area contributed by atoms with Gasteiger partial charge in [0.05, 0.1) is 6.10 Å². The first-order valence-corrected chi connectivity index (χ1v) is 5.08. The first-order valence-electron chi connectivity index (χ1n) is 3.55. The molecule has 15 heavy (non-hydrogen) atoms. The van der Waals surface area contributed by atoms with Gasteiger partial charge < -0.3 is 10.2 Å². The van der Waals surface area contributed by atoms with Crippen LogP contribution in [-0.2, 0) is 0 Å². The molecule has 0 aliphatic rings. The Morgan fingerprint density at radius 1 is 1.00 bits per heavy atom. The molecule has 0 amide bonds. The first kappa shape index (κ1) is 15.2. The van der Waals surface area contributed by atoms with Crippen molar-refractivity contribution in [3.63, 3.8) is 0 Å². The zero-order chi connectivity index (χ0) is 12.5. The molecule has 0 aromatic carbocycles. The maximum absolute atomic E-state index is 12.0. The minimum Gasteiger partial charge on any atom is -0.392 e. The predicted molar refractivity (Wildman–Crippen MR) is 46.6 cm³/mol. The summed E-state index contributed by atoms with van der Waals surface area (Å²) in [5.41, 5.74) is -4.86. The van der Waals surface area contributed by atoms with Gasteiger partial charge in [-0.05, 0) is 0 Å². The number of hydrogen-bond donors (Lipinski definition) is 2. The lowest BCUT2D eigenvalue weighted by molar-refractivity contribution is -0.373. The quantitative estimate of drug-likeness (QED) is 0.464. The van der Waals surface area contributed by atoms with Crippen LogP contribution < -0.4 is 0 Å². The fourth-order valence-corrected chi connectivity index (χ4v) is 1.10. The third-order valence-corrected chi connectivity index (χ3v) is 2.66. The van der Waals surface area contributed by atoms with E-state index in [1.54, 1.807) is 0 Å². The maximum Gasteiger partial charge on any atom is 0.426 e. The van der Waals surface area contributed by atoms with Gasteiger partial charge in [-0.3, -0.25) is 0 Å². The summed E-state index contributed by atoms with van der Waals surface area (Å²) >= 11 is 1.41. The van der Waals surface area contributed by atoms with Crippen molar-refractivity contribution >= 4 is 22.6 Å². The van der Waals surface area contributed by atoms with E-state index in [1.165, 1.54) is 22.6 Å². The topological polar surface area (TPSA) is 40.5 Å². The second-order valence-electron chi connectivity index (χ2n) is 2.87. The Kier molecular flexibility index (Phi) is 4.69. The zero-order valence-corrected chi connectivity index (χ0v) is 9.19. The van der Waals surface area contributed by atoms with Crippen LogP contribution in [0, 0.1) is 0 Å². The van der Waals surface area contributed by atoms with E-state index < -0.39 is 30.5 Å². The molecule has 0 saturated carbocycles. The van der Waals surface area contributed by atoms with E-state index in [0.29, 0.717) is 0 Å². The molecule has 92 valence electrons. The van der Waals surface area contributed by atoms with Crippen LogP contribution in [0.15, 0.2) is 0 Å². The van der Waals surface area contributed by atoms with Gasteiger partial charge in [-0.25, -0.2) is 0 Å². The lowest BCUT2D eigenvalue weighted by Gasteiger charge is -2.33. The molecule has 2 N–H and O–H groups in total. The third-order valence-electron chi connectivity index (χ3n) is 1.65. The molecule has 0 aliphatic heterocycles. The van der Waals surface area contributed by atoms with Gasteiger partial charge in [0.2, 0.25) is 0 Å². The van der Waals surface area contributed by atoms with Crippen molar-refractivity contribution in [1.82, 2.24) is 0 Å². The van der Waals surface area contributed by atoms with Crippen LogP contribution in [0.1, 0.15) is 6.42 Å². The molecule has 0 saturated heterocycles. The Balaban J connectivity index is 5.06. The summed E-state index contributed by atoms with van der Waals surface area (Å²) < 4.78 is 71.7. The molecule has 1 atom stereocenters. The third kappa shape index (κ3) is 3.34. The monoisotopic (exact) mass is 352 g/mol. The van der Waals surface area contributed by atoms with E-state index in [-0.39, 0.29) is 4.43 Å². The summed E-state index contributed by atoms with van der Waals surface area (Å²) in [5.74, 6) is 0. The SMILES string of the molecule is OC(CI)CC(O)(C(F)(F)F)C(F)(F)F. The van der Waals surface area contributed by atoms with Gasteiger partial charge in [-0.15, -0.1) is 0 Å². The van der Waals surface area contributed by atoms with Crippen LogP contribution in [0.4, 0.5) is 26.3 Å². The fraction of sp³-hybridized carbons (Fsp3) is 1.00. The summed E-state index contributed by atoms with van der Waals surface area (Å²) in [5, 5.41) is 17.3. The number of hydrogen-bond acceptors (Lipinski definition) is 2. The second-order valence-corrected chi connectivity index (χ2v) is 3.75. The second kappa shape index (κ2) is 4.62. The molecule has 9 heteroatoms. The molecule has 1 unspecified atom stereocenters. The molecule has 0 fully saturated rings. The van der Waals surface area contributed by atoms with Gasteiger partial charge in [0, 0.05) is 10.8 Å². The highest BCUT2D eigenvalue weighted by atomic mass is 127. The van der Waals surface area contributed by atoms with Crippen LogP contribution in [0.3, 0.4) is 0 Å². The minimum atomic E-state index is -5.86. The molecule has 2 nitrogen and oxygen atoms in total. The number of rotatable bonds is 3. The number of halogens is 7. The highest BCUT2D eigenvalue weighted by Crippen LogP contribution is 2.45. The normalized spacial score (nSPS) is 16.6. The van der Waals surface area contributed by atoms with E-state index in [2.05, 4.69) is 0 Å². The molecule has 0 heterocycles. The zero-order valence-electron chi connectivity index (χ0n) is 7.03. The molecule has 0 spiro atoms. The van der Waals surface area contributed by atoms with Crippen LogP contribution in [0.25, 0.3) is 0 Å². The molecule has 0 aromatic heterocycles. The van der Waals surface area contributed by atoms with Gasteiger partial charge in [-0.2, -0.15) is 26.3 Å². The molecular weight excluding hydrogens is 345 g/mol. The van der Waals surface area contributed by atoms with E-state index in [0.717, 1.165) is 0 Å². The molecule has 0 aliphatic carbocycles. The molecule has 0 radical (unpaired) electrons. The Morgan fingerprint density at radius 3 is 1.53 bits per heavy atom. The van der Waals surface area contributed by atoms with E-state index in [1.807, 2.05) is 0 Å². The Bertz CT molecular complexity index is 199. The Morgan fingerprint density at radius 2 is 1.33 bits per heavy atom. The van der Waals surface area contributed by atoms with Gasteiger partial charge in [0.1, 0.15) is 0 Å². The first-order chi connectivity index (χ1) is 6.45. The van der Waals surface area contributed by atoms with Crippen LogP contribution in [0.2, 0.25) is 0 Å². The Hall–Kier alpha value is 0.230. The average molecular weight is 352 g/mol. The van der Waals surface area contributed by atoms with Crippen molar-refractivity contribution in [2.24, 2.45) is 0 Å². The van der Waals surface area contributed by atoms with Crippen molar-refractivity contribution in [3.05, 3.63) is 0 Å². The highest BCUT2D eigenvalue weighted by Gasteiger charge is 2.70. The van der Waals surface area contributed by atoms with Gasteiger partial charge in [0.25, 0.3) is 5.60 Å². The van der Waals surface area contributed by atoms with Crippen molar-refractivity contribution in [2.75, 3.05) is 4.43 Å². The van der Waals surface area contributed by atoms with E-state index in [9.17, 15) is 26.3 Å². The largest absolute Gasteiger partial charge is 0.426 e. The average Bonchev–Trinajstić information content (AvgIpc) is 1.99. The van der Waals surface area contributed by atoms with Gasteiger partial charge in [0.15, 0.2) is 0 Å². The van der Waals surface area contributed by atoms with E-state index >= 15 is 0 Å². The van der Waals surface area contributed by atoms with Gasteiger partial charge >= 0.3 is 12.4 Å². The molecular formula is C6H7F6IO2. The molecule has 0 aromatic rings. The fourth-order valence-electron chi connectivity index (χ4n) is 0.788. The Labute approximate surface area is 94.4 Å². The lowest BCUT2D eigenvalue weighted by Crippen LogP contribution is -2.58. The van der Waals surface area contributed by atoms with Gasteiger partial charge in [-0.1, -0.05) is 22.6 Å². The van der Waals surface area contributed by atoms with Crippen LogP contribution in [-0.4, -0.2) is 38.7 Å². The summed E-state index contributed by atoms with van der Waals surface area (Å²) in [6.07, 6.45) is -15.4. The number of aliphatic hydroxyl groups excluding tert-OH is 1. The maximum atomic E-state index is 12.0. The lowest BCUT2D eigenvalue weighted by atomic mass is 9.95. The minimum absolute atomic E-state index is 0.341.